The first-order chi connectivity index (χ1) is 11.4. The summed E-state index contributed by atoms with van der Waals surface area (Å²) in [6, 6.07) is 7.27. The number of nitrogens with one attached hydrogen (secondary N) is 2. The van der Waals surface area contributed by atoms with Gasteiger partial charge in [-0.3, -0.25) is 4.90 Å². The molecule has 2 rings (SSSR count). The van der Waals surface area contributed by atoms with Gasteiger partial charge in [0.1, 0.15) is 0 Å². The predicted molar refractivity (Wildman–Crippen MR) is 95.3 cm³/mol. The van der Waals surface area contributed by atoms with Crippen molar-refractivity contribution in [2.24, 2.45) is 0 Å². The Morgan fingerprint density at radius 2 is 2.04 bits per heavy atom. The van der Waals surface area contributed by atoms with Gasteiger partial charge >= 0.3 is 12.0 Å². The third kappa shape index (κ3) is 4.58. The van der Waals surface area contributed by atoms with Gasteiger partial charge in [-0.25, -0.2) is 9.59 Å². The molecule has 7 heteroatoms. The van der Waals surface area contributed by atoms with E-state index in [0.29, 0.717) is 31.0 Å². The molecule has 0 bridgehead atoms. The van der Waals surface area contributed by atoms with E-state index in [1.165, 1.54) is 0 Å². The van der Waals surface area contributed by atoms with Crippen molar-refractivity contribution in [2.45, 2.75) is 26.4 Å². The van der Waals surface area contributed by atoms with E-state index in [9.17, 15) is 9.59 Å². The Labute approximate surface area is 150 Å². The van der Waals surface area contributed by atoms with E-state index in [0.717, 1.165) is 10.0 Å². The number of carbonyl (C=O) groups excluding carboxylic acids is 2. The average molecular weight is 396 g/mol. The number of rotatable bonds is 6. The van der Waals surface area contributed by atoms with Crippen molar-refractivity contribution in [1.82, 2.24) is 15.5 Å². The number of amides is 2. The molecule has 2 N–H and O–H groups in total. The number of hydrogen-bond donors (Lipinski definition) is 2. The summed E-state index contributed by atoms with van der Waals surface area (Å²) in [4.78, 5) is 26.0. The molecule has 0 aliphatic carbocycles. The van der Waals surface area contributed by atoms with Crippen LogP contribution in [0.1, 0.15) is 19.4 Å². The summed E-state index contributed by atoms with van der Waals surface area (Å²) in [6.07, 6.45) is 0. The second kappa shape index (κ2) is 8.30. The Balaban J connectivity index is 2.19. The lowest BCUT2D eigenvalue weighted by molar-refractivity contribution is -0.139. The fourth-order valence-electron chi connectivity index (χ4n) is 2.65. The molecule has 6 nitrogen and oxygen atoms in total. The SMILES string of the molecule is CCOC(=O)C1=C(CN(C)Cc2ccccc2Br)NC(=O)NC1C. The van der Waals surface area contributed by atoms with Gasteiger partial charge in [-0.1, -0.05) is 34.1 Å². The van der Waals surface area contributed by atoms with Gasteiger partial charge in [0.2, 0.25) is 0 Å². The first-order valence-corrected chi connectivity index (χ1v) is 8.61. The van der Waals surface area contributed by atoms with Crippen molar-refractivity contribution < 1.29 is 14.3 Å². The number of halogens is 1. The molecule has 24 heavy (non-hydrogen) atoms. The molecular formula is C17H22BrN3O3. The average Bonchev–Trinajstić information content (AvgIpc) is 2.49. The van der Waals surface area contributed by atoms with Crippen LogP contribution in [0.5, 0.6) is 0 Å². The summed E-state index contributed by atoms with van der Waals surface area (Å²) in [6.45, 7) is 4.95. The minimum Gasteiger partial charge on any atom is -0.463 e. The number of hydrogen-bond acceptors (Lipinski definition) is 4. The van der Waals surface area contributed by atoms with Crippen LogP contribution >= 0.6 is 15.9 Å². The summed E-state index contributed by atoms with van der Waals surface area (Å²) in [5.74, 6) is -0.401. The van der Waals surface area contributed by atoms with Crippen LogP contribution in [0.25, 0.3) is 0 Å². The zero-order valence-corrected chi connectivity index (χ0v) is 15.6. The number of nitrogens with zero attached hydrogens (tertiary/aromatic N) is 1. The molecule has 1 aliphatic heterocycles. The molecular weight excluding hydrogens is 374 g/mol. The number of esters is 1. The van der Waals surface area contributed by atoms with Crippen LogP contribution in [0, 0.1) is 0 Å². The maximum Gasteiger partial charge on any atom is 0.337 e. The lowest BCUT2D eigenvalue weighted by Crippen LogP contribution is -2.51. The van der Waals surface area contributed by atoms with Crippen molar-refractivity contribution >= 4 is 27.9 Å². The van der Waals surface area contributed by atoms with E-state index in [1.54, 1.807) is 13.8 Å². The van der Waals surface area contributed by atoms with E-state index < -0.39 is 5.97 Å². The van der Waals surface area contributed by atoms with E-state index in [4.69, 9.17) is 4.74 Å². The second-order valence-electron chi connectivity index (χ2n) is 5.70. The Morgan fingerprint density at radius 3 is 2.71 bits per heavy atom. The van der Waals surface area contributed by atoms with Gasteiger partial charge in [-0.15, -0.1) is 0 Å². The summed E-state index contributed by atoms with van der Waals surface area (Å²) >= 11 is 3.53. The highest BCUT2D eigenvalue weighted by Crippen LogP contribution is 2.19. The van der Waals surface area contributed by atoms with E-state index in [2.05, 4.69) is 26.6 Å². The van der Waals surface area contributed by atoms with Crippen LogP contribution in [-0.2, 0) is 16.1 Å². The van der Waals surface area contributed by atoms with Crippen molar-refractivity contribution in [2.75, 3.05) is 20.2 Å². The van der Waals surface area contributed by atoms with Gasteiger partial charge < -0.3 is 15.4 Å². The third-order valence-corrected chi connectivity index (χ3v) is 4.47. The summed E-state index contributed by atoms with van der Waals surface area (Å²) in [7, 11) is 1.94. The fraction of sp³-hybridized carbons (Fsp3) is 0.412. The highest BCUT2D eigenvalue weighted by molar-refractivity contribution is 9.10. The van der Waals surface area contributed by atoms with Crippen molar-refractivity contribution in [3.63, 3.8) is 0 Å². The molecule has 0 saturated heterocycles. The zero-order valence-electron chi connectivity index (χ0n) is 14.1. The minimum atomic E-state index is -0.401. The molecule has 0 spiro atoms. The third-order valence-electron chi connectivity index (χ3n) is 3.69. The first kappa shape index (κ1) is 18.5. The number of likely N-dealkylation sites (N-methyl/N-ethyl adjacent to an activating group) is 1. The van der Waals surface area contributed by atoms with Gasteiger partial charge in [0.25, 0.3) is 0 Å². The van der Waals surface area contributed by atoms with Gasteiger partial charge in [-0.05, 0) is 32.5 Å². The molecule has 1 atom stereocenters. The molecule has 1 aromatic rings. The number of urea groups is 1. The van der Waals surface area contributed by atoms with E-state index >= 15 is 0 Å². The van der Waals surface area contributed by atoms with Gasteiger partial charge in [0.05, 0.1) is 18.2 Å². The Hall–Kier alpha value is -1.86. The number of ether oxygens (including phenoxy) is 1. The fourth-order valence-corrected chi connectivity index (χ4v) is 3.06. The van der Waals surface area contributed by atoms with Gasteiger partial charge in [0, 0.05) is 23.3 Å². The van der Waals surface area contributed by atoms with Crippen LogP contribution in [0.3, 0.4) is 0 Å². The Kier molecular flexibility index (Phi) is 6.39. The molecule has 1 heterocycles. The molecule has 2 amide bonds. The van der Waals surface area contributed by atoms with Crippen molar-refractivity contribution in [1.29, 1.82) is 0 Å². The molecule has 0 saturated carbocycles. The molecule has 1 unspecified atom stereocenters. The molecule has 130 valence electrons. The lowest BCUT2D eigenvalue weighted by Gasteiger charge is -2.29. The van der Waals surface area contributed by atoms with Crippen LogP contribution < -0.4 is 10.6 Å². The zero-order chi connectivity index (χ0) is 17.7. The van der Waals surface area contributed by atoms with Crippen LogP contribution in [-0.4, -0.2) is 43.1 Å². The van der Waals surface area contributed by atoms with Crippen molar-refractivity contribution in [3.05, 3.63) is 45.6 Å². The molecule has 1 aromatic carbocycles. The smallest absolute Gasteiger partial charge is 0.337 e. The normalized spacial score (nSPS) is 17.5. The maximum atomic E-state index is 12.2. The van der Waals surface area contributed by atoms with E-state index in [1.807, 2.05) is 36.2 Å². The highest BCUT2D eigenvalue weighted by atomic mass is 79.9. The monoisotopic (exact) mass is 395 g/mol. The summed E-state index contributed by atoms with van der Waals surface area (Å²) in [5.41, 5.74) is 2.18. The van der Waals surface area contributed by atoms with Crippen LogP contribution in [0.4, 0.5) is 4.79 Å². The molecule has 0 fully saturated rings. The number of benzene rings is 1. The van der Waals surface area contributed by atoms with E-state index in [-0.39, 0.29) is 12.1 Å². The Bertz CT molecular complexity index is 660. The Morgan fingerprint density at radius 1 is 1.33 bits per heavy atom. The summed E-state index contributed by atoms with van der Waals surface area (Å²) in [5, 5.41) is 5.44. The lowest BCUT2D eigenvalue weighted by atomic mass is 10.0. The first-order valence-electron chi connectivity index (χ1n) is 7.82. The molecule has 1 aliphatic rings. The largest absolute Gasteiger partial charge is 0.463 e. The van der Waals surface area contributed by atoms with Crippen LogP contribution in [0.2, 0.25) is 0 Å². The van der Waals surface area contributed by atoms with Gasteiger partial charge in [0.15, 0.2) is 0 Å². The minimum absolute atomic E-state index is 0.295. The van der Waals surface area contributed by atoms with Crippen molar-refractivity contribution in [3.8, 4) is 0 Å². The highest BCUT2D eigenvalue weighted by Gasteiger charge is 2.30. The quantitative estimate of drug-likeness (QED) is 0.725. The maximum absolute atomic E-state index is 12.2. The predicted octanol–water partition coefficient (Wildman–Crippen LogP) is 2.40. The summed E-state index contributed by atoms with van der Waals surface area (Å²) < 4.78 is 6.15. The topological polar surface area (TPSA) is 70.7 Å². The molecule has 0 radical (unpaired) electrons. The van der Waals surface area contributed by atoms with Crippen LogP contribution in [0.15, 0.2) is 40.0 Å². The molecule has 0 aromatic heterocycles. The van der Waals surface area contributed by atoms with Gasteiger partial charge in [-0.2, -0.15) is 0 Å². The standard InChI is InChI=1S/C17H22BrN3O3/c1-4-24-16(22)15-11(2)19-17(23)20-14(15)10-21(3)9-12-7-5-6-8-13(12)18/h5-8,11H,4,9-10H2,1-3H3,(H2,19,20,23). The number of carbonyl (C=O) groups is 2. The second-order valence-corrected chi connectivity index (χ2v) is 6.55.